The summed E-state index contributed by atoms with van der Waals surface area (Å²) in [6.07, 6.45) is 2.81. The number of rotatable bonds is 7. The van der Waals surface area contributed by atoms with Crippen molar-refractivity contribution in [1.29, 1.82) is 5.26 Å². The molecule has 0 saturated carbocycles. The van der Waals surface area contributed by atoms with E-state index in [2.05, 4.69) is 52.3 Å². The topological polar surface area (TPSA) is 83.4 Å². The molecule has 3 rings (SSSR count). The third kappa shape index (κ3) is 5.36. The first kappa shape index (κ1) is 21.3. The molecule has 1 aliphatic rings. The highest BCUT2D eigenvalue weighted by atomic mass is 127. The lowest BCUT2D eigenvalue weighted by Crippen LogP contribution is -2.30. The maximum Gasteiger partial charge on any atom is 0.260 e. The summed E-state index contributed by atoms with van der Waals surface area (Å²) in [5, 5.41) is 15.0. The highest BCUT2D eigenvalue weighted by Gasteiger charge is 2.27. The number of benzene rings is 2. The van der Waals surface area contributed by atoms with Gasteiger partial charge in [0, 0.05) is 5.69 Å². The van der Waals surface area contributed by atoms with Crippen molar-refractivity contribution in [1.82, 2.24) is 5.32 Å². The van der Waals surface area contributed by atoms with Gasteiger partial charge in [0.2, 0.25) is 0 Å². The van der Waals surface area contributed by atoms with Crippen molar-refractivity contribution >= 4 is 52.0 Å². The number of anilines is 1. The second-order valence-electron chi connectivity index (χ2n) is 6.16. The van der Waals surface area contributed by atoms with Crippen molar-refractivity contribution in [2.75, 3.05) is 19.0 Å². The standard InChI is InChI=1S/C21H20IN3O3S/c1-3-13-4-6-15(7-5-13)24-21-25-20(26)18(29-21)12-14-10-16(22)19(28-9-8-23)17(11-14)27-2/h4-7,10-12,21,24H,3,9H2,1-2H3,(H,25,26)/b18-12-/t21-/m1/s1. The van der Waals surface area contributed by atoms with Crippen LogP contribution in [0.5, 0.6) is 11.5 Å². The first-order chi connectivity index (χ1) is 14.0. The number of nitriles is 1. The molecule has 0 spiro atoms. The van der Waals surface area contributed by atoms with Crippen LogP contribution in [0.3, 0.4) is 0 Å². The summed E-state index contributed by atoms with van der Waals surface area (Å²) in [7, 11) is 1.54. The number of ether oxygens (including phenoxy) is 2. The summed E-state index contributed by atoms with van der Waals surface area (Å²) in [5.41, 5.74) is 2.81. The third-order valence-corrected chi connectivity index (χ3v) is 6.05. The van der Waals surface area contributed by atoms with Gasteiger partial charge >= 0.3 is 0 Å². The van der Waals surface area contributed by atoms with E-state index in [9.17, 15) is 4.79 Å². The monoisotopic (exact) mass is 521 g/mol. The van der Waals surface area contributed by atoms with Crippen LogP contribution >= 0.6 is 34.4 Å². The molecule has 2 aromatic rings. The van der Waals surface area contributed by atoms with Crippen molar-refractivity contribution in [3.63, 3.8) is 0 Å². The van der Waals surface area contributed by atoms with Crippen molar-refractivity contribution in [3.05, 3.63) is 56.0 Å². The number of thioether (sulfide) groups is 1. The molecule has 2 aromatic carbocycles. The van der Waals surface area contributed by atoms with Crippen LogP contribution in [0, 0.1) is 14.9 Å². The normalized spacial score (nSPS) is 17.0. The van der Waals surface area contributed by atoms with Crippen LogP contribution in [0.4, 0.5) is 5.69 Å². The van der Waals surface area contributed by atoms with Crippen LogP contribution in [-0.4, -0.2) is 25.1 Å². The van der Waals surface area contributed by atoms with Crippen LogP contribution in [0.25, 0.3) is 6.08 Å². The van der Waals surface area contributed by atoms with Gasteiger partial charge in [0.15, 0.2) is 23.6 Å². The average molecular weight is 521 g/mol. The molecule has 1 saturated heterocycles. The number of methoxy groups -OCH3 is 1. The summed E-state index contributed by atoms with van der Waals surface area (Å²) in [4.78, 5) is 13.0. The number of nitrogens with one attached hydrogen (secondary N) is 2. The summed E-state index contributed by atoms with van der Waals surface area (Å²) >= 11 is 3.56. The number of carbonyl (C=O) groups excluding carboxylic acids is 1. The minimum atomic E-state index is -0.236. The molecule has 0 aliphatic carbocycles. The van der Waals surface area contributed by atoms with Gasteiger partial charge in [-0.25, -0.2) is 0 Å². The van der Waals surface area contributed by atoms with Gasteiger partial charge in [-0.05, 0) is 70.5 Å². The Kier molecular flexibility index (Phi) is 7.28. The van der Waals surface area contributed by atoms with Crippen molar-refractivity contribution in [2.24, 2.45) is 0 Å². The number of hydrogen-bond acceptors (Lipinski definition) is 6. The Labute approximate surface area is 187 Å². The Hall–Kier alpha value is -2.38. The lowest BCUT2D eigenvalue weighted by Gasteiger charge is -2.13. The van der Waals surface area contributed by atoms with Crippen LogP contribution in [0.1, 0.15) is 18.1 Å². The maximum atomic E-state index is 12.4. The zero-order chi connectivity index (χ0) is 20.8. The smallest absolute Gasteiger partial charge is 0.260 e. The molecule has 0 bridgehead atoms. The zero-order valence-corrected chi connectivity index (χ0v) is 19.0. The van der Waals surface area contributed by atoms with Crippen molar-refractivity contribution in [3.8, 4) is 17.6 Å². The molecule has 1 amide bonds. The van der Waals surface area contributed by atoms with Gasteiger partial charge in [0.25, 0.3) is 5.91 Å². The van der Waals surface area contributed by atoms with Crippen molar-refractivity contribution < 1.29 is 14.3 Å². The predicted molar refractivity (Wildman–Crippen MR) is 124 cm³/mol. The van der Waals surface area contributed by atoms with Gasteiger partial charge in [-0.3, -0.25) is 4.79 Å². The van der Waals surface area contributed by atoms with Gasteiger partial charge in [-0.2, -0.15) is 5.26 Å². The van der Waals surface area contributed by atoms with E-state index in [1.54, 1.807) is 13.2 Å². The van der Waals surface area contributed by atoms with Crippen molar-refractivity contribution in [2.45, 2.75) is 18.8 Å². The van der Waals surface area contributed by atoms with Gasteiger partial charge in [-0.1, -0.05) is 30.8 Å². The molecular formula is C21H20IN3O3S. The summed E-state index contributed by atoms with van der Waals surface area (Å²) in [6.45, 7) is 2.06. The van der Waals surface area contributed by atoms with Crippen LogP contribution in [-0.2, 0) is 11.2 Å². The zero-order valence-electron chi connectivity index (χ0n) is 16.0. The molecule has 0 unspecified atom stereocenters. The summed E-state index contributed by atoms with van der Waals surface area (Å²) < 4.78 is 11.6. The Balaban J connectivity index is 1.75. The quantitative estimate of drug-likeness (QED) is 0.416. The SMILES string of the molecule is CCc1ccc(N[C@@H]2NC(=O)/C(=C/c3cc(I)c(OCC#N)c(OC)c3)S2)cc1. The number of aryl methyl sites for hydroxylation is 1. The minimum Gasteiger partial charge on any atom is -0.493 e. The molecule has 150 valence electrons. The molecule has 29 heavy (non-hydrogen) atoms. The lowest BCUT2D eigenvalue weighted by atomic mass is 10.1. The first-order valence-electron chi connectivity index (χ1n) is 8.96. The number of nitrogens with zero attached hydrogens (tertiary/aromatic N) is 1. The first-order valence-corrected chi connectivity index (χ1v) is 10.9. The lowest BCUT2D eigenvalue weighted by molar-refractivity contribution is -0.116. The molecule has 1 aliphatic heterocycles. The Bertz CT molecular complexity index is 970. The van der Waals surface area contributed by atoms with Crippen LogP contribution in [0.15, 0.2) is 41.3 Å². The maximum absolute atomic E-state index is 12.4. The largest absolute Gasteiger partial charge is 0.493 e. The molecule has 0 radical (unpaired) electrons. The Morgan fingerprint density at radius 3 is 2.76 bits per heavy atom. The Morgan fingerprint density at radius 1 is 1.34 bits per heavy atom. The van der Waals surface area contributed by atoms with E-state index in [-0.39, 0.29) is 18.0 Å². The second kappa shape index (κ2) is 9.89. The molecule has 2 N–H and O–H groups in total. The van der Waals surface area contributed by atoms with E-state index in [4.69, 9.17) is 14.7 Å². The molecule has 1 atom stereocenters. The number of carbonyl (C=O) groups is 1. The van der Waals surface area contributed by atoms with Gasteiger partial charge in [0.05, 0.1) is 15.6 Å². The fourth-order valence-electron chi connectivity index (χ4n) is 2.77. The molecule has 8 heteroatoms. The molecule has 0 aromatic heterocycles. The molecule has 6 nitrogen and oxygen atoms in total. The molecular weight excluding hydrogens is 501 g/mol. The van der Waals surface area contributed by atoms with E-state index < -0.39 is 0 Å². The van der Waals surface area contributed by atoms with E-state index in [1.165, 1.54) is 17.3 Å². The highest BCUT2D eigenvalue weighted by molar-refractivity contribution is 14.1. The van der Waals surface area contributed by atoms with Gasteiger partial charge in [-0.15, -0.1) is 0 Å². The summed E-state index contributed by atoms with van der Waals surface area (Å²) in [5.74, 6) is 0.917. The molecule has 1 heterocycles. The number of halogens is 1. The van der Waals surface area contributed by atoms with Crippen LogP contribution < -0.4 is 20.1 Å². The van der Waals surface area contributed by atoms with Crippen LogP contribution in [0.2, 0.25) is 0 Å². The minimum absolute atomic E-state index is 0.0579. The summed E-state index contributed by atoms with van der Waals surface area (Å²) in [6, 6.07) is 13.8. The van der Waals surface area contributed by atoms with E-state index in [1.807, 2.05) is 30.3 Å². The number of hydrogen-bond donors (Lipinski definition) is 2. The van der Waals surface area contributed by atoms with E-state index >= 15 is 0 Å². The second-order valence-corrected chi connectivity index (χ2v) is 8.46. The average Bonchev–Trinajstić information content (AvgIpc) is 3.06. The fraction of sp³-hybridized carbons (Fsp3) is 0.238. The van der Waals surface area contributed by atoms with Gasteiger partial charge in [0.1, 0.15) is 6.07 Å². The van der Waals surface area contributed by atoms with Gasteiger partial charge < -0.3 is 20.1 Å². The number of amides is 1. The Morgan fingerprint density at radius 2 is 2.10 bits per heavy atom. The van der Waals surface area contributed by atoms with E-state index in [0.29, 0.717) is 16.4 Å². The van der Waals surface area contributed by atoms with E-state index in [0.717, 1.165) is 21.2 Å². The third-order valence-electron chi connectivity index (χ3n) is 4.22. The fourth-order valence-corrected chi connectivity index (χ4v) is 4.54. The molecule has 1 fully saturated rings. The highest BCUT2D eigenvalue weighted by Crippen LogP contribution is 2.36. The predicted octanol–water partition coefficient (Wildman–Crippen LogP) is 4.36.